The SMILES string of the molecule is COc1ccc([C@@H]2C=CC[C@@H](N3C(=O)c4ccccc4C3=O)C(=O)N2CC2CC2)cc1. The van der Waals surface area contributed by atoms with E-state index in [-0.39, 0.29) is 23.8 Å². The molecular weight excluding hydrogens is 392 g/mol. The first-order chi connectivity index (χ1) is 15.1. The van der Waals surface area contributed by atoms with Crippen LogP contribution in [0.4, 0.5) is 0 Å². The molecule has 1 saturated carbocycles. The summed E-state index contributed by atoms with van der Waals surface area (Å²) in [6.45, 7) is 0.625. The number of benzene rings is 2. The number of carbonyl (C=O) groups is 3. The Kier molecular flexibility index (Phi) is 4.85. The highest BCUT2D eigenvalue weighted by atomic mass is 16.5. The van der Waals surface area contributed by atoms with Crippen LogP contribution in [0.3, 0.4) is 0 Å². The second kappa shape index (κ2) is 7.69. The smallest absolute Gasteiger partial charge is 0.262 e. The Morgan fingerprint density at radius 3 is 2.16 bits per heavy atom. The summed E-state index contributed by atoms with van der Waals surface area (Å²) >= 11 is 0. The number of fused-ring (bicyclic) bond motifs is 1. The number of rotatable bonds is 5. The number of nitrogens with zero attached hydrogens (tertiary/aromatic N) is 2. The quantitative estimate of drug-likeness (QED) is 0.552. The van der Waals surface area contributed by atoms with E-state index in [9.17, 15) is 14.4 Å². The molecule has 2 aliphatic heterocycles. The van der Waals surface area contributed by atoms with Gasteiger partial charge in [-0.2, -0.15) is 0 Å². The van der Waals surface area contributed by atoms with E-state index in [2.05, 4.69) is 0 Å². The van der Waals surface area contributed by atoms with Gasteiger partial charge >= 0.3 is 0 Å². The van der Waals surface area contributed by atoms with E-state index in [0.29, 0.717) is 30.0 Å². The summed E-state index contributed by atoms with van der Waals surface area (Å²) in [5.41, 5.74) is 1.72. The molecule has 1 fully saturated rings. The molecule has 0 radical (unpaired) electrons. The van der Waals surface area contributed by atoms with Gasteiger partial charge in [-0.15, -0.1) is 0 Å². The van der Waals surface area contributed by atoms with Crippen LogP contribution >= 0.6 is 0 Å². The van der Waals surface area contributed by atoms with Crippen molar-refractivity contribution in [2.75, 3.05) is 13.7 Å². The molecule has 0 bridgehead atoms. The number of hydrogen-bond acceptors (Lipinski definition) is 4. The first-order valence-electron chi connectivity index (χ1n) is 10.7. The standard InChI is InChI=1S/C25H24N2O4/c1-31-18-13-11-17(12-14-18)21-7-4-8-22(25(30)26(21)15-16-9-10-16)27-23(28)19-5-2-3-6-20(19)24(27)29/h2-7,11-14,16,21-22H,8-10,15H2,1H3/t21-,22+/m0/s1. The minimum atomic E-state index is -0.828. The molecule has 2 aromatic carbocycles. The third-order valence-corrected chi connectivity index (χ3v) is 6.33. The molecule has 2 heterocycles. The number of imide groups is 1. The van der Waals surface area contributed by atoms with Gasteiger partial charge in [0.1, 0.15) is 11.8 Å². The molecule has 0 aromatic heterocycles. The van der Waals surface area contributed by atoms with Gasteiger partial charge in [-0.3, -0.25) is 19.3 Å². The van der Waals surface area contributed by atoms with Gasteiger partial charge in [0.15, 0.2) is 0 Å². The fourth-order valence-electron chi connectivity index (χ4n) is 4.45. The summed E-state index contributed by atoms with van der Waals surface area (Å²) in [6.07, 6.45) is 6.45. The molecule has 0 unspecified atom stereocenters. The number of hydrogen-bond donors (Lipinski definition) is 0. The van der Waals surface area contributed by atoms with Crippen molar-refractivity contribution in [2.45, 2.75) is 31.3 Å². The fourth-order valence-corrected chi connectivity index (χ4v) is 4.45. The molecule has 0 N–H and O–H groups in total. The van der Waals surface area contributed by atoms with E-state index < -0.39 is 6.04 Å². The second-order valence-electron chi connectivity index (χ2n) is 8.36. The zero-order valence-corrected chi connectivity index (χ0v) is 17.4. The van der Waals surface area contributed by atoms with Gasteiger partial charge in [0.25, 0.3) is 11.8 Å². The number of ether oxygens (including phenoxy) is 1. The van der Waals surface area contributed by atoms with E-state index in [4.69, 9.17) is 4.74 Å². The monoisotopic (exact) mass is 416 g/mol. The molecule has 6 nitrogen and oxygen atoms in total. The lowest BCUT2D eigenvalue weighted by molar-refractivity contribution is -0.137. The maximum atomic E-state index is 13.8. The van der Waals surface area contributed by atoms with E-state index in [1.54, 1.807) is 31.4 Å². The lowest BCUT2D eigenvalue weighted by atomic mass is 10.0. The Balaban J connectivity index is 1.48. The van der Waals surface area contributed by atoms with Crippen molar-refractivity contribution in [3.8, 4) is 5.75 Å². The first-order valence-corrected chi connectivity index (χ1v) is 10.7. The summed E-state index contributed by atoms with van der Waals surface area (Å²) in [5, 5.41) is 0. The second-order valence-corrected chi connectivity index (χ2v) is 8.36. The van der Waals surface area contributed by atoms with E-state index in [0.717, 1.165) is 29.1 Å². The van der Waals surface area contributed by atoms with Crippen LogP contribution in [0.1, 0.15) is 51.6 Å². The Morgan fingerprint density at radius 2 is 1.58 bits per heavy atom. The van der Waals surface area contributed by atoms with Crippen molar-refractivity contribution >= 4 is 17.7 Å². The largest absolute Gasteiger partial charge is 0.497 e. The van der Waals surface area contributed by atoms with E-state index in [1.807, 2.05) is 41.3 Å². The van der Waals surface area contributed by atoms with Gasteiger partial charge in [-0.05, 0) is 55.0 Å². The molecule has 5 rings (SSSR count). The molecule has 31 heavy (non-hydrogen) atoms. The lowest BCUT2D eigenvalue weighted by Gasteiger charge is -2.33. The molecule has 3 amide bonds. The summed E-state index contributed by atoms with van der Waals surface area (Å²) in [4.78, 5) is 42.8. The topological polar surface area (TPSA) is 66.9 Å². The molecule has 6 heteroatoms. The van der Waals surface area contributed by atoms with Gasteiger partial charge < -0.3 is 9.64 Å². The predicted molar refractivity (Wildman–Crippen MR) is 115 cm³/mol. The zero-order chi connectivity index (χ0) is 21.5. The normalized spacial score (nSPS) is 23.2. The van der Waals surface area contributed by atoms with Crippen LogP contribution in [-0.4, -0.2) is 47.2 Å². The number of amides is 3. The molecule has 2 atom stereocenters. The molecule has 0 saturated heterocycles. The van der Waals surface area contributed by atoms with Crippen LogP contribution in [0.15, 0.2) is 60.7 Å². The zero-order valence-electron chi connectivity index (χ0n) is 17.4. The minimum absolute atomic E-state index is 0.174. The highest BCUT2D eigenvalue weighted by Crippen LogP contribution is 2.37. The summed E-state index contributed by atoms with van der Waals surface area (Å²) in [6, 6.07) is 13.4. The molecule has 158 valence electrons. The number of methoxy groups -OCH3 is 1. The van der Waals surface area contributed by atoms with Crippen LogP contribution in [0.2, 0.25) is 0 Å². The molecule has 0 spiro atoms. The third kappa shape index (κ3) is 3.42. The summed E-state index contributed by atoms with van der Waals surface area (Å²) < 4.78 is 5.26. The van der Waals surface area contributed by atoms with Gasteiger partial charge in [-0.1, -0.05) is 36.4 Å². The highest BCUT2D eigenvalue weighted by Gasteiger charge is 2.45. The Labute approximate surface area is 181 Å². The van der Waals surface area contributed by atoms with Crippen molar-refractivity contribution in [1.29, 1.82) is 0 Å². The van der Waals surface area contributed by atoms with Crippen molar-refractivity contribution in [2.24, 2.45) is 5.92 Å². The molecule has 2 aromatic rings. The number of carbonyl (C=O) groups excluding carboxylic acids is 3. The Bertz CT molecular complexity index is 1040. The average Bonchev–Trinajstić information content (AvgIpc) is 3.60. The molecule has 1 aliphatic carbocycles. The maximum Gasteiger partial charge on any atom is 0.262 e. The van der Waals surface area contributed by atoms with Crippen molar-refractivity contribution in [3.05, 3.63) is 77.4 Å². The van der Waals surface area contributed by atoms with Crippen molar-refractivity contribution in [3.63, 3.8) is 0 Å². The fraction of sp³-hybridized carbons (Fsp3) is 0.320. The van der Waals surface area contributed by atoms with Crippen LogP contribution in [0.25, 0.3) is 0 Å². The summed E-state index contributed by atoms with van der Waals surface area (Å²) in [5.74, 6) is 0.278. The Hall–Kier alpha value is -3.41. The van der Waals surface area contributed by atoms with Gasteiger partial charge in [0.05, 0.1) is 24.3 Å². The predicted octanol–water partition coefficient (Wildman–Crippen LogP) is 3.60. The van der Waals surface area contributed by atoms with E-state index in [1.165, 1.54) is 0 Å². The van der Waals surface area contributed by atoms with Gasteiger partial charge in [0, 0.05) is 6.54 Å². The first kappa shape index (κ1) is 19.5. The van der Waals surface area contributed by atoms with Crippen LogP contribution in [0.5, 0.6) is 5.75 Å². The minimum Gasteiger partial charge on any atom is -0.497 e. The Morgan fingerprint density at radius 1 is 0.935 bits per heavy atom. The highest BCUT2D eigenvalue weighted by molar-refractivity contribution is 6.22. The van der Waals surface area contributed by atoms with Crippen LogP contribution < -0.4 is 4.74 Å². The molecular formula is C25H24N2O4. The van der Waals surface area contributed by atoms with E-state index >= 15 is 0 Å². The molecule has 3 aliphatic rings. The van der Waals surface area contributed by atoms with Crippen molar-refractivity contribution < 1.29 is 19.1 Å². The third-order valence-electron chi connectivity index (χ3n) is 6.33. The van der Waals surface area contributed by atoms with Crippen molar-refractivity contribution in [1.82, 2.24) is 9.80 Å². The van der Waals surface area contributed by atoms with Gasteiger partial charge in [0.2, 0.25) is 5.91 Å². The summed E-state index contributed by atoms with van der Waals surface area (Å²) in [7, 11) is 1.62. The lowest BCUT2D eigenvalue weighted by Crippen LogP contribution is -2.51. The van der Waals surface area contributed by atoms with Crippen LogP contribution in [-0.2, 0) is 4.79 Å². The maximum absolute atomic E-state index is 13.8. The average molecular weight is 416 g/mol. The van der Waals surface area contributed by atoms with Crippen LogP contribution in [0, 0.1) is 5.92 Å². The van der Waals surface area contributed by atoms with Gasteiger partial charge in [-0.25, -0.2) is 0 Å².